The zero-order valence-electron chi connectivity index (χ0n) is 14.9. The SMILES string of the molecule is O=c1c(C2=NSc3cccc(O)c3N2O)c(O)c2sccc2n1Cc1ccc(Br)s1. The summed E-state index contributed by atoms with van der Waals surface area (Å²) in [5.74, 6) is -0.533. The predicted octanol–water partition coefficient (Wildman–Crippen LogP) is 5.01. The number of phenols is 1. The Hall–Kier alpha value is -2.31. The highest BCUT2D eigenvalue weighted by atomic mass is 79.9. The lowest BCUT2D eigenvalue weighted by Crippen LogP contribution is -2.37. The average molecular weight is 522 g/mol. The van der Waals surface area contributed by atoms with Gasteiger partial charge in [0.05, 0.1) is 25.4 Å². The van der Waals surface area contributed by atoms with Crippen LogP contribution in [0.2, 0.25) is 0 Å². The van der Waals surface area contributed by atoms with Gasteiger partial charge in [-0.05, 0) is 51.6 Å². The summed E-state index contributed by atoms with van der Waals surface area (Å²) in [6.45, 7) is 0.309. The van der Waals surface area contributed by atoms with Crippen LogP contribution in [0, 0.1) is 0 Å². The molecule has 30 heavy (non-hydrogen) atoms. The Morgan fingerprint density at radius 1 is 1.13 bits per heavy atom. The van der Waals surface area contributed by atoms with Crippen LogP contribution in [0.15, 0.2) is 59.7 Å². The van der Waals surface area contributed by atoms with E-state index < -0.39 is 5.56 Å². The third-order valence-electron chi connectivity index (χ3n) is 4.63. The van der Waals surface area contributed by atoms with Gasteiger partial charge in [0.1, 0.15) is 17.0 Å². The lowest BCUT2D eigenvalue weighted by atomic mass is 10.1. The number of hydroxylamine groups is 1. The second kappa shape index (κ2) is 7.43. The molecule has 152 valence electrons. The molecule has 1 aliphatic heterocycles. The molecule has 0 amide bonds. The second-order valence-corrected chi connectivity index (χ2v) is 10.7. The lowest BCUT2D eigenvalue weighted by Gasteiger charge is -2.25. The molecule has 4 aromatic rings. The highest BCUT2D eigenvalue weighted by Crippen LogP contribution is 2.43. The van der Waals surface area contributed by atoms with E-state index in [1.165, 1.54) is 28.7 Å². The van der Waals surface area contributed by atoms with Crippen molar-refractivity contribution in [2.75, 3.05) is 5.06 Å². The molecule has 0 bridgehead atoms. The smallest absolute Gasteiger partial charge is 0.266 e. The van der Waals surface area contributed by atoms with E-state index in [9.17, 15) is 20.2 Å². The number of hydrogen-bond donors (Lipinski definition) is 3. The fourth-order valence-corrected chi connectivity index (χ4v) is 6.38. The molecule has 0 radical (unpaired) electrons. The largest absolute Gasteiger partial charge is 0.506 e. The van der Waals surface area contributed by atoms with Gasteiger partial charge in [-0.15, -0.1) is 22.7 Å². The van der Waals surface area contributed by atoms with Crippen molar-refractivity contribution in [1.82, 2.24) is 4.57 Å². The highest BCUT2D eigenvalue weighted by Gasteiger charge is 2.31. The van der Waals surface area contributed by atoms with Gasteiger partial charge >= 0.3 is 0 Å². The van der Waals surface area contributed by atoms with Crippen molar-refractivity contribution in [2.24, 2.45) is 4.40 Å². The minimum atomic E-state index is -0.486. The first-order valence-corrected chi connectivity index (χ1v) is 11.9. The van der Waals surface area contributed by atoms with Gasteiger partial charge in [-0.1, -0.05) is 6.07 Å². The summed E-state index contributed by atoms with van der Waals surface area (Å²) < 4.78 is 7.28. The van der Waals surface area contributed by atoms with Crippen molar-refractivity contribution in [2.45, 2.75) is 11.4 Å². The van der Waals surface area contributed by atoms with Gasteiger partial charge < -0.3 is 14.8 Å². The van der Waals surface area contributed by atoms with Gasteiger partial charge in [0.2, 0.25) is 0 Å². The van der Waals surface area contributed by atoms with Crippen LogP contribution in [0.4, 0.5) is 5.69 Å². The summed E-state index contributed by atoms with van der Waals surface area (Å²) in [5, 5.41) is 34.3. The number of anilines is 1. The number of aromatic nitrogens is 1. The highest BCUT2D eigenvalue weighted by molar-refractivity contribution is 9.11. The Morgan fingerprint density at radius 3 is 2.73 bits per heavy atom. The molecule has 0 unspecified atom stereocenters. The van der Waals surface area contributed by atoms with E-state index in [1.807, 2.05) is 12.1 Å². The minimum absolute atomic E-state index is 0.117. The van der Waals surface area contributed by atoms with Crippen LogP contribution in [-0.4, -0.2) is 25.8 Å². The summed E-state index contributed by atoms with van der Waals surface area (Å²) in [6, 6.07) is 10.4. The molecule has 7 nitrogen and oxygen atoms in total. The standard InChI is InChI=1S/C19H12BrN3O4S3/c20-13-5-4-9(29-13)8-22-10-6-7-28-17(10)16(25)14(19(22)26)18-21-30-12-3-1-2-11(24)15(12)23(18)27/h1-7,24-25,27H,8H2. The maximum atomic E-state index is 13.5. The number of halogens is 1. The molecular weight excluding hydrogens is 510 g/mol. The molecular formula is C19H12BrN3O4S3. The fraction of sp³-hybridized carbons (Fsp3) is 0.0526. The van der Waals surface area contributed by atoms with Crippen LogP contribution >= 0.6 is 50.6 Å². The monoisotopic (exact) mass is 521 g/mol. The number of rotatable bonds is 3. The zero-order chi connectivity index (χ0) is 21.0. The fourth-order valence-electron chi connectivity index (χ4n) is 3.29. The van der Waals surface area contributed by atoms with Crippen molar-refractivity contribution in [1.29, 1.82) is 0 Å². The molecule has 4 heterocycles. The molecule has 3 aromatic heterocycles. The number of aromatic hydroxyl groups is 2. The number of benzene rings is 1. The second-order valence-electron chi connectivity index (χ2n) is 6.40. The summed E-state index contributed by atoms with van der Waals surface area (Å²) >= 11 is 7.25. The van der Waals surface area contributed by atoms with Crippen molar-refractivity contribution in [3.05, 3.63) is 66.4 Å². The van der Waals surface area contributed by atoms with Crippen molar-refractivity contribution >= 4 is 72.3 Å². The molecule has 5 rings (SSSR count). The number of amidine groups is 1. The molecule has 1 aliphatic rings. The van der Waals surface area contributed by atoms with Gasteiger partial charge in [-0.2, -0.15) is 9.46 Å². The van der Waals surface area contributed by atoms with Crippen LogP contribution in [-0.2, 0) is 6.54 Å². The Kier molecular flexibility index (Phi) is 4.86. The number of pyridine rings is 1. The summed E-state index contributed by atoms with van der Waals surface area (Å²) in [7, 11) is 0. The van der Waals surface area contributed by atoms with Crippen LogP contribution in [0.25, 0.3) is 10.2 Å². The van der Waals surface area contributed by atoms with Crippen molar-refractivity contribution < 1.29 is 15.4 Å². The van der Waals surface area contributed by atoms with E-state index in [0.717, 1.165) is 20.6 Å². The van der Waals surface area contributed by atoms with E-state index in [1.54, 1.807) is 28.1 Å². The third kappa shape index (κ3) is 3.05. The first kappa shape index (κ1) is 19.6. The summed E-state index contributed by atoms with van der Waals surface area (Å²) in [5.41, 5.74) is 0.114. The van der Waals surface area contributed by atoms with Crippen LogP contribution < -0.4 is 10.6 Å². The van der Waals surface area contributed by atoms with Gasteiger partial charge in [-0.25, -0.2) is 0 Å². The Bertz CT molecular complexity index is 1390. The van der Waals surface area contributed by atoms with Crippen LogP contribution in [0.5, 0.6) is 11.5 Å². The number of para-hydroxylation sites is 1. The maximum Gasteiger partial charge on any atom is 0.266 e. The first-order chi connectivity index (χ1) is 14.5. The molecule has 1 aromatic carbocycles. The van der Waals surface area contributed by atoms with Crippen molar-refractivity contribution in [3.8, 4) is 11.5 Å². The minimum Gasteiger partial charge on any atom is -0.506 e. The van der Waals surface area contributed by atoms with Crippen molar-refractivity contribution in [3.63, 3.8) is 0 Å². The summed E-state index contributed by atoms with van der Waals surface area (Å²) in [6.07, 6.45) is 0. The predicted molar refractivity (Wildman–Crippen MR) is 124 cm³/mol. The Labute approximate surface area is 190 Å². The molecule has 0 spiro atoms. The lowest BCUT2D eigenvalue weighted by molar-refractivity contribution is 0.304. The molecule has 3 N–H and O–H groups in total. The number of fused-ring (bicyclic) bond motifs is 2. The molecule has 0 saturated carbocycles. The Morgan fingerprint density at radius 2 is 1.97 bits per heavy atom. The molecule has 0 fully saturated rings. The first-order valence-electron chi connectivity index (χ1n) is 8.59. The summed E-state index contributed by atoms with van der Waals surface area (Å²) in [4.78, 5) is 14.9. The normalized spacial score (nSPS) is 13.5. The van der Waals surface area contributed by atoms with Gasteiger partial charge in [0, 0.05) is 16.8 Å². The van der Waals surface area contributed by atoms with Gasteiger partial charge in [0.25, 0.3) is 5.56 Å². The maximum absolute atomic E-state index is 13.5. The number of phenolic OH excluding ortho intramolecular Hbond substituents is 1. The molecule has 0 aliphatic carbocycles. The number of nitrogens with zero attached hydrogens (tertiary/aromatic N) is 3. The van der Waals surface area contributed by atoms with Crippen LogP contribution in [0.3, 0.4) is 0 Å². The topological polar surface area (TPSA) is 98.3 Å². The van der Waals surface area contributed by atoms with E-state index in [-0.39, 0.29) is 28.6 Å². The van der Waals surface area contributed by atoms with Crippen LogP contribution in [0.1, 0.15) is 10.4 Å². The molecule has 0 atom stereocenters. The average Bonchev–Trinajstić information content (AvgIpc) is 3.36. The molecule has 11 heteroatoms. The number of thiophene rings is 2. The van der Waals surface area contributed by atoms with E-state index in [4.69, 9.17) is 0 Å². The molecule has 0 saturated heterocycles. The van der Waals surface area contributed by atoms with Gasteiger partial charge in [0.15, 0.2) is 11.6 Å². The van der Waals surface area contributed by atoms with Gasteiger partial charge in [-0.3, -0.25) is 10.0 Å². The quantitative estimate of drug-likeness (QED) is 0.328. The van der Waals surface area contributed by atoms with E-state index >= 15 is 0 Å². The third-order valence-corrected chi connectivity index (χ3v) is 7.94. The van der Waals surface area contributed by atoms with E-state index in [2.05, 4.69) is 20.3 Å². The number of hydrogen-bond acceptors (Lipinski definition) is 9. The Balaban J connectivity index is 1.71. The van der Waals surface area contributed by atoms with E-state index in [0.29, 0.717) is 26.7 Å². The zero-order valence-corrected chi connectivity index (χ0v) is 19.0.